The molecule has 0 spiro atoms. The van der Waals surface area contributed by atoms with Crippen LogP contribution in [0.5, 0.6) is 0 Å². The number of halogens is 2. The van der Waals surface area contributed by atoms with E-state index in [1.54, 1.807) is 0 Å². The molecular weight excluding hydrogens is 238 g/mol. The van der Waals surface area contributed by atoms with Crippen LogP contribution in [0, 0.1) is 11.6 Å². The van der Waals surface area contributed by atoms with Crippen LogP contribution in [0.1, 0.15) is 12.7 Å². The summed E-state index contributed by atoms with van der Waals surface area (Å²) in [5.74, 6) is -0.718. The molecule has 6 heteroatoms. The molecule has 0 unspecified atom stereocenters. The average molecular weight is 250 g/mol. The molecule has 0 amide bonds. The lowest BCUT2D eigenvalue weighted by molar-refractivity contribution is 0.511. The van der Waals surface area contributed by atoms with Crippen LogP contribution >= 0.6 is 0 Å². The molecule has 0 radical (unpaired) electrons. The molecule has 0 aliphatic heterocycles. The van der Waals surface area contributed by atoms with Crippen molar-refractivity contribution in [1.82, 2.24) is 9.97 Å². The first kappa shape index (κ1) is 12.2. The third-order valence-corrected chi connectivity index (χ3v) is 2.32. The van der Waals surface area contributed by atoms with Gasteiger partial charge in [0.05, 0.1) is 5.69 Å². The molecule has 0 aliphatic carbocycles. The number of rotatable bonds is 3. The van der Waals surface area contributed by atoms with Crippen LogP contribution < -0.4 is 11.1 Å². The summed E-state index contributed by atoms with van der Waals surface area (Å²) in [6, 6.07) is 5.34. The van der Waals surface area contributed by atoms with E-state index in [0.717, 1.165) is 6.07 Å². The lowest BCUT2D eigenvalue weighted by Gasteiger charge is -2.08. The number of anilines is 3. The molecule has 0 fully saturated rings. The summed E-state index contributed by atoms with van der Waals surface area (Å²) in [6.07, 6.45) is 0.603. The first-order chi connectivity index (χ1) is 8.60. The Hall–Kier alpha value is -2.24. The highest BCUT2D eigenvalue weighted by Crippen LogP contribution is 2.21. The predicted molar refractivity (Wildman–Crippen MR) is 65.5 cm³/mol. The Bertz CT molecular complexity index is 572. The molecule has 1 heterocycles. The quantitative estimate of drug-likeness (QED) is 0.879. The number of nitrogens with zero attached hydrogens (tertiary/aromatic N) is 2. The van der Waals surface area contributed by atoms with Gasteiger partial charge in [-0.1, -0.05) is 13.0 Å². The maximum Gasteiger partial charge on any atom is 0.182 e. The first-order valence-corrected chi connectivity index (χ1v) is 5.44. The first-order valence-electron chi connectivity index (χ1n) is 5.44. The van der Waals surface area contributed by atoms with Gasteiger partial charge in [0.2, 0.25) is 0 Å². The van der Waals surface area contributed by atoms with Gasteiger partial charge in [-0.3, -0.25) is 0 Å². The van der Waals surface area contributed by atoms with Crippen molar-refractivity contribution in [2.24, 2.45) is 0 Å². The van der Waals surface area contributed by atoms with Gasteiger partial charge in [-0.25, -0.2) is 18.7 Å². The van der Waals surface area contributed by atoms with E-state index >= 15 is 0 Å². The van der Waals surface area contributed by atoms with Crippen LogP contribution in [0.4, 0.5) is 26.1 Å². The third-order valence-electron chi connectivity index (χ3n) is 2.32. The molecular formula is C12H12F2N4. The van der Waals surface area contributed by atoms with E-state index in [1.165, 1.54) is 18.2 Å². The van der Waals surface area contributed by atoms with E-state index in [0.29, 0.717) is 18.1 Å². The maximum atomic E-state index is 13.5. The van der Waals surface area contributed by atoms with Gasteiger partial charge in [-0.15, -0.1) is 0 Å². The van der Waals surface area contributed by atoms with Crippen molar-refractivity contribution < 1.29 is 8.78 Å². The van der Waals surface area contributed by atoms with Crippen molar-refractivity contribution in [3.8, 4) is 0 Å². The number of aromatic nitrogens is 2. The summed E-state index contributed by atoms with van der Waals surface area (Å²) in [5, 5.41) is 2.68. The molecule has 0 saturated heterocycles. The smallest absolute Gasteiger partial charge is 0.182 e. The summed E-state index contributed by atoms with van der Waals surface area (Å²) in [7, 11) is 0. The summed E-state index contributed by atoms with van der Waals surface area (Å²) in [5.41, 5.74) is 5.61. The van der Waals surface area contributed by atoms with Crippen molar-refractivity contribution in [2.75, 3.05) is 11.1 Å². The van der Waals surface area contributed by atoms with E-state index in [2.05, 4.69) is 15.3 Å². The zero-order valence-electron chi connectivity index (χ0n) is 9.74. The van der Waals surface area contributed by atoms with Crippen molar-refractivity contribution in [3.63, 3.8) is 0 Å². The molecule has 3 N–H and O–H groups in total. The topological polar surface area (TPSA) is 63.8 Å². The fourth-order valence-corrected chi connectivity index (χ4v) is 1.48. The standard InChI is InChI=1S/C12H12F2N4/c1-2-10-17-9(15)6-11(18-10)16-8-5-3-4-7(13)12(8)14/h3-6H,2H2,1H3,(H3,15,16,17,18). The molecule has 0 saturated carbocycles. The van der Waals surface area contributed by atoms with Gasteiger partial charge < -0.3 is 11.1 Å². The van der Waals surface area contributed by atoms with Crippen molar-refractivity contribution in [2.45, 2.75) is 13.3 Å². The number of hydrogen-bond donors (Lipinski definition) is 2. The van der Waals surface area contributed by atoms with E-state index in [9.17, 15) is 8.78 Å². The second-order valence-corrected chi connectivity index (χ2v) is 3.67. The van der Waals surface area contributed by atoms with Gasteiger partial charge in [0, 0.05) is 12.5 Å². The molecule has 0 bridgehead atoms. The van der Waals surface area contributed by atoms with Gasteiger partial charge in [0.1, 0.15) is 17.5 Å². The number of benzene rings is 1. The van der Waals surface area contributed by atoms with Gasteiger partial charge >= 0.3 is 0 Å². The van der Waals surface area contributed by atoms with Gasteiger partial charge in [0.25, 0.3) is 0 Å². The Morgan fingerprint density at radius 2 is 2.06 bits per heavy atom. The van der Waals surface area contributed by atoms with Crippen LogP contribution in [-0.2, 0) is 6.42 Å². The minimum atomic E-state index is -0.951. The van der Waals surface area contributed by atoms with Gasteiger partial charge in [-0.05, 0) is 12.1 Å². The monoisotopic (exact) mass is 250 g/mol. The van der Waals surface area contributed by atoms with Crippen LogP contribution in [0.3, 0.4) is 0 Å². The highest BCUT2D eigenvalue weighted by Gasteiger charge is 2.09. The molecule has 94 valence electrons. The van der Waals surface area contributed by atoms with Crippen LogP contribution in [-0.4, -0.2) is 9.97 Å². The zero-order chi connectivity index (χ0) is 13.1. The molecule has 0 aliphatic rings. The molecule has 1 aromatic heterocycles. The molecule has 1 aromatic carbocycles. The Morgan fingerprint density at radius 3 is 2.78 bits per heavy atom. The number of hydrogen-bond acceptors (Lipinski definition) is 4. The summed E-state index contributed by atoms with van der Waals surface area (Å²) in [6.45, 7) is 1.88. The highest BCUT2D eigenvalue weighted by molar-refractivity contribution is 5.59. The van der Waals surface area contributed by atoms with E-state index in [-0.39, 0.29) is 11.5 Å². The largest absolute Gasteiger partial charge is 0.384 e. The minimum Gasteiger partial charge on any atom is -0.384 e. The Morgan fingerprint density at radius 1 is 1.28 bits per heavy atom. The number of nitrogens with one attached hydrogen (secondary N) is 1. The molecule has 18 heavy (non-hydrogen) atoms. The predicted octanol–water partition coefficient (Wildman–Crippen LogP) is 2.64. The van der Waals surface area contributed by atoms with Crippen LogP contribution in [0.15, 0.2) is 24.3 Å². The summed E-state index contributed by atoms with van der Waals surface area (Å²) >= 11 is 0. The zero-order valence-corrected chi connectivity index (χ0v) is 9.74. The fraction of sp³-hybridized carbons (Fsp3) is 0.167. The Labute approximate surface area is 103 Å². The minimum absolute atomic E-state index is 0.00940. The lowest BCUT2D eigenvalue weighted by Crippen LogP contribution is -2.04. The van der Waals surface area contributed by atoms with Crippen LogP contribution in [0.2, 0.25) is 0 Å². The van der Waals surface area contributed by atoms with Gasteiger partial charge in [0.15, 0.2) is 11.6 Å². The molecule has 0 atom stereocenters. The number of nitrogen functional groups attached to an aromatic ring is 1. The number of nitrogens with two attached hydrogens (primary N) is 1. The van der Waals surface area contributed by atoms with Crippen molar-refractivity contribution >= 4 is 17.3 Å². The maximum absolute atomic E-state index is 13.5. The van der Waals surface area contributed by atoms with Crippen molar-refractivity contribution in [3.05, 3.63) is 41.7 Å². The second kappa shape index (κ2) is 4.95. The van der Waals surface area contributed by atoms with Crippen molar-refractivity contribution in [1.29, 1.82) is 0 Å². The Balaban J connectivity index is 2.34. The normalized spacial score (nSPS) is 10.4. The van der Waals surface area contributed by atoms with Crippen LogP contribution in [0.25, 0.3) is 0 Å². The fourth-order valence-electron chi connectivity index (χ4n) is 1.48. The molecule has 2 rings (SSSR count). The SMILES string of the molecule is CCc1nc(N)cc(Nc2cccc(F)c2F)n1. The van der Waals surface area contributed by atoms with E-state index < -0.39 is 11.6 Å². The molecule has 4 nitrogen and oxygen atoms in total. The third kappa shape index (κ3) is 2.53. The summed E-state index contributed by atoms with van der Waals surface area (Å²) in [4.78, 5) is 8.12. The van der Waals surface area contributed by atoms with E-state index in [4.69, 9.17) is 5.73 Å². The Kier molecular flexibility index (Phi) is 3.36. The number of aryl methyl sites for hydroxylation is 1. The van der Waals surface area contributed by atoms with E-state index in [1.807, 2.05) is 6.92 Å². The second-order valence-electron chi connectivity index (χ2n) is 3.67. The van der Waals surface area contributed by atoms with Gasteiger partial charge in [-0.2, -0.15) is 0 Å². The summed E-state index contributed by atoms with van der Waals surface area (Å²) < 4.78 is 26.5. The molecule has 2 aromatic rings. The average Bonchev–Trinajstić information content (AvgIpc) is 2.34. The highest BCUT2D eigenvalue weighted by atomic mass is 19.2. The lowest BCUT2D eigenvalue weighted by atomic mass is 10.3.